The molecule has 0 atom stereocenters. The number of rotatable bonds is 5. The molecule has 2 aromatic carbocycles. The molecule has 0 fully saturated rings. The first kappa shape index (κ1) is 17.0. The summed E-state index contributed by atoms with van der Waals surface area (Å²) in [6.45, 7) is 2.63. The SMILES string of the molecule is CCOc1cccc(-c2ccc3nc(-c4cccnc4)nc(NC)c3c2)c1. The van der Waals surface area contributed by atoms with Crippen LogP contribution in [0.2, 0.25) is 0 Å². The highest BCUT2D eigenvalue weighted by Crippen LogP contribution is 2.30. The zero-order valence-corrected chi connectivity index (χ0v) is 15.3. The number of hydrogen-bond acceptors (Lipinski definition) is 5. The van der Waals surface area contributed by atoms with Gasteiger partial charge in [-0.15, -0.1) is 0 Å². The van der Waals surface area contributed by atoms with E-state index in [1.54, 1.807) is 12.4 Å². The third-order valence-electron chi connectivity index (χ3n) is 4.33. The second-order valence-corrected chi connectivity index (χ2v) is 6.08. The lowest BCUT2D eigenvalue weighted by atomic mass is 10.0. The zero-order valence-electron chi connectivity index (χ0n) is 15.3. The highest BCUT2D eigenvalue weighted by molar-refractivity contribution is 5.93. The summed E-state index contributed by atoms with van der Waals surface area (Å²) in [6.07, 6.45) is 3.51. The van der Waals surface area contributed by atoms with Crippen molar-refractivity contribution in [1.29, 1.82) is 0 Å². The maximum Gasteiger partial charge on any atom is 0.163 e. The van der Waals surface area contributed by atoms with Gasteiger partial charge in [0.25, 0.3) is 0 Å². The van der Waals surface area contributed by atoms with Crippen LogP contribution in [0.15, 0.2) is 67.0 Å². The molecule has 4 rings (SSSR count). The molecule has 5 heteroatoms. The Hall–Kier alpha value is -3.47. The minimum Gasteiger partial charge on any atom is -0.494 e. The number of anilines is 1. The summed E-state index contributed by atoms with van der Waals surface area (Å²) in [4.78, 5) is 13.6. The first-order chi connectivity index (χ1) is 13.3. The predicted octanol–water partition coefficient (Wildman–Crippen LogP) is 4.80. The van der Waals surface area contributed by atoms with E-state index < -0.39 is 0 Å². The van der Waals surface area contributed by atoms with Crippen molar-refractivity contribution in [3.63, 3.8) is 0 Å². The molecule has 0 aliphatic carbocycles. The van der Waals surface area contributed by atoms with Crippen molar-refractivity contribution >= 4 is 16.7 Å². The molecule has 0 bridgehead atoms. The van der Waals surface area contributed by atoms with Crippen molar-refractivity contribution in [2.45, 2.75) is 6.92 Å². The molecule has 0 spiro atoms. The van der Waals surface area contributed by atoms with Gasteiger partial charge in [0, 0.05) is 30.4 Å². The molecule has 134 valence electrons. The summed E-state index contributed by atoms with van der Waals surface area (Å²) in [5.74, 6) is 2.32. The van der Waals surface area contributed by atoms with E-state index in [0.29, 0.717) is 12.4 Å². The normalized spacial score (nSPS) is 10.7. The number of ether oxygens (including phenoxy) is 1. The van der Waals surface area contributed by atoms with Gasteiger partial charge in [-0.2, -0.15) is 0 Å². The summed E-state index contributed by atoms with van der Waals surface area (Å²) < 4.78 is 5.62. The van der Waals surface area contributed by atoms with Gasteiger partial charge in [-0.1, -0.05) is 18.2 Å². The quantitative estimate of drug-likeness (QED) is 0.557. The Morgan fingerprint density at radius 1 is 0.926 bits per heavy atom. The van der Waals surface area contributed by atoms with E-state index in [9.17, 15) is 0 Å². The Balaban J connectivity index is 1.82. The molecule has 0 radical (unpaired) electrons. The number of benzene rings is 2. The molecule has 0 amide bonds. The second kappa shape index (κ2) is 7.41. The van der Waals surface area contributed by atoms with Crippen LogP contribution in [0, 0.1) is 0 Å². The molecule has 27 heavy (non-hydrogen) atoms. The lowest BCUT2D eigenvalue weighted by molar-refractivity contribution is 0.340. The van der Waals surface area contributed by atoms with Crippen LogP contribution >= 0.6 is 0 Å². The number of nitrogens with one attached hydrogen (secondary N) is 1. The number of nitrogens with zero attached hydrogens (tertiary/aromatic N) is 3. The Morgan fingerprint density at radius 3 is 2.56 bits per heavy atom. The van der Waals surface area contributed by atoms with E-state index in [0.717, 1.165) is 39.2 Å². The van der Waals surface area contributed by atoms with Crippen LogP contribution in [0.4, 0.5) is 5.82 Å². The van der Waals surface area contributed by atoms with Crippen LogP contribution in [0.5, 0.6) is 5.75 Å². The summed E-state index contributed by atoms with van der Waals surface area (Å²) >= 11 is 0. The molecule has 0 saturated carbocycles. The van der Waals surface area contributed by atoms with Crippen LogP contribution in [0.25, 0.3) is 33.4 Å². The van der Waals surface area contributed by atoms with Gasteiger partial charge in [0.1, 0.15) is 11.6 Å². The van der Waals surface area contributed by atoms with Crippen LogP contribution in [-0.4, -0.2) is 28.6 Å². The minimum absolute atomic E-state index is 0.649. The first-order valence-corrected chi connectivity index (χ1v) is 8.91. The van der Waals surface area contributed by atoms with Crippen LogP contribution in [0.3, 0.4) is 0 Å². The standard InChI is InChI=1S/C22H20N4O/c1-3-27-18-8-4-6-15(12-18)16-9-10-20-19(13-16)22(23-2)26-21(25-20)17-7-5-11-24-14-17/h4-14H,3H2,1-2H3,(H,23,25,26). The van der Waals surface area contributed by atoms with Crippen molar-refractivity contribution in [2.24, 2.45) is 0 Å². The first-order valence-electron chi connectivity index (χ1n) is 8.91. The molecular formula is C22H20N4O. The van der Waals surface area contributed by atoms with E-state index in [-0.39, 0.29) is 0 Å². The van der Waals surface area contributed by atoms with Gasteiger partial charge >= 0.3 is 0 Å². The van der Waals surface area contributed by atoms with Crippen LogP contribution < -0.4 is 10.1 Å². The predicted molar refractivity (Wildman–Crippen MR) is 109 cm³/mol. The van der Waals surface area contributed by atoms with Gasteiger partial charge < -0.3 is 10.1 Å². The third kappa shape index (κ3) is 3.44. The third-order valence-corrected chi connectivity index (χ3v) is 4.33. The van der Waals surface area contributed by atoms with Crippen molar-refractivity contribution in [3.05, 3.63) is 67.0 Å². The van der Waals surface area contributed by atoms with Gasteiger partial charge in [0.2, 0.25) is 0 Å². The Bertz CT molecular complexity index is 1080. The zero-order chi connectivity index (χ0) is 18.6. The molecule has 2 aromatic heterocycles. The topological polar surface area (TPSA) is 59.9 Å². The van der Waals surface area contributed by atoms with E-state index in [2.05, 4.69) is 39.6 Å². The lowest BCUT2D eigenvalue weighted by Gasteiger charge is -2.11. The van der Waals surface area contributed by atoms with Crippen molar-refractivity contribution in [1.82, 2.24) is 15.0 Å². The Labute approximate surface area is 158 Å². The molecule has 5 nitrogen and oxygen atoms in total. The highest BCUT2D eigenvalue weighted by atomic mass is 16.5. The molecule has 0 aliphatic rings. The van der Waals surface area contributed by atoms with Gasteiger partial charge in [-0.05, 0) is 54.4 Å². The number of fused-ring (bicyclic) bond motifs is 1. The Morgan fingerprint density at radius 2 is 1.78 bits per heavy atom. The molecule has 0 aliphatic heterocycles. The summed E-state index contributed by atoms with van der Waals surface area (Å²) in [5.41, 5.74) is 3.97. The molecule has 2 heterocycles. The average molecular weight is 356 g/mol. The summed E-state index contributed by atoms with van der Waals surface area (Å²) in [5, 5.41) is 4.17. The van der Waals surface area contributed by atoms with Gasteiger partial charge in [0.05, 0.1) is 12.1 Å². The van der Waals surface area contributed by atoms with Gasteiger partial charge in [-0.3, -0.25) is 4.98 Å². The van der Waals surface area contributed by atoms with Crippen molar-refractivity contribution in [3.8, 4) is 28.3 Å². The van der Waals surface area contributed by atoms with Gasteiger partial charge in [0.15, 0.2) is 5.82 Å². The fourth-order valence-electron chi connectivity index (χ4n) is 3.05. The molecule has 1 N–H and O–H groups in total. The fraction of sp³-hybridized carbons (Fsp3) is 0.136. The highest BCUT2D eigenvalue weighted by Gasteiger charge is 2.10. The fourth-order valence-corrected chi connectivity index (χ4v) is 3.05. The maximum absolute atomic E-state index is 5.62. The molecule has 0 unspecified atom stereocenters. The number of pyridine rings is 1. The minimum atomic E-state index is 0.649. The lowest BCUT2D eigenvalue weighted by Crippen LogP contribution is -1.99. The average Bonchev–Trinajstić information content (AvgIpc) is 2.73. The largest absolute Gasteiger partial charge is 0.494 e. The number of hydrogen-bond donors (Lipinski definition) is 1. The van der Waals surface area contributed by atoms with Crippen LogP contribution in [-0.2, 0) is 0 Å². The van der Waals surface area contributed by atoms with E-state index in [4.69, 9.17) is 9.72 Å². The van der Waals surface area contributed by atoms with Gasteiger partial charge in [-0.25, -0.2) is 9.97 Å². The van der Waals surface area contributed by atoms with Crippen molar-refractivity contribution < 1.29 is 4.74 Å². The van der Waals surface area contributed by atoms with E-state index in [1.807, 2.05) is 44.3 Å². The van der Waals surface area contributed by atoms with Crippen molar-refractivity contribution in [2.75, 3.05) is 19.0 Å². The second-order valence-electron chi connectivity index (χ2n) is 6.08. The summed E-state index contributed by atoms with van der Waals surface area (Å²) in [7, 11) is 1.87. The van der Waals surface area contributed by atoms with Crippen LogP contribution in [0.1, 0.15) is 6.92 Å². The Kier molecular flexibility index (Phi) is 4.66. The summed E-state index contributed by atoms with van der Waals surface area (Å²) in [6, 6.07) is 18.2. The van der Waals surface area contributed by atoms with E-state index in [1.165, 1.54) is 0 Å². The monoisotopic (exact) mass is 356 g/mol. The molecular weight excluding hydrogens is 336 g/mol. The molecule has 4 aromatic rings. The van der Waals surface area contributed by atoms with E-state index >= 15 is 0 Å². The number of aromatic nitrogens is 3. The maximum atomic E-state index is 5.62. The smallest absolute Gasteiger partial charge is 0.163 e. The molecule has 0 saturated heterocycles.